The molecule has 1 aromatic heterocycles. The van der Waals surface area contributed by atoms with Crippen LogP contribution in [-0.2, 0) is 16.2 Å². The Balaban J connectivity index is 1.47. The summed E-state index contributed by atoms with van der Waals surface area (Å²) in [6.07, 6.45) is 3.08. The van der Waals surface area contributed by atoms with Crippen LogP contribution in [0.25, 0.3) is 17.0 Å². The Kier molecular flexibility index (Phi) is 8.66. The predicted octanol–water partition coefficient (Wildman–Crippen LogP) is 6.61. The van der Waals surface area contributed by atoms with E-state index in [9.17, 15) is 9.59 Å². The van der Waals surface area contributed by atoms with Gasteiger partial charge in [-0.3, -0.25) is 9.59 Å². The number of rotatable bonds is 8. The molecule has 4 rings (SSSR count). The fourth-order valence-electron chi connectivity index (χ4n) is 3.93. The smallest absolute Gasteiger partial charge is 0.249 e. The normalized spacial score (nSPS) is 11.9. The highest BCUT2D eigenvalue weighted by molar-refractivity contribution is 6.38. The summed E-state index contributed by atoms with van der Waals surface area (Å²) in [5, 5.41) is 4.36. The molecule has 0 aliphatic rings. The second-order valence-electron chi connectivity index (χ2n) is 8.80. The van der Waals surface area contributed by atoms with Gasteiger partial charge in [-0.05, 0) is 49.8 Å². The third-order valence-corrected chi connectivity index (χ3v) is 6.78. The van der Waals surface area contributed by atoms with Crippen molar-refractivity contribution in [3.05, 3.63) is 106 Å². The third-order valence-electron chi connectivity index (χ3n) is 6.01. The van der Waals surface area contributed by atoms with E-state index in [0.29, 0.717) is 27.0 Å². The zero-order chi connectivity index (χ0) is 27.2. The van der Waals surface area contributed by atoms with Gasteiger partial charge in [-0.15, -0.1) is 0 Å². The lowest BCUT2D eigenvalue weighted by Gasteiger charge is -2.24. The van der Waals surface area contributed by atoms with Crippen LogP contribution >= 0.6 is 23.2 Å². The first kappa shape index (κ1) is 27.2. The number of carbonyl (C=O) groups excluding carboxylic acids is 2. The Morgan fingerprint density at radius 1 is 1.03 bits per heavy atom. The molecule has 0 bridgehead atoms. The number of para-hydroxylation sites is 1. The number of halogens is 2. The quantitative estimate of drug-likeness (QED) is 0.252. The average Bonchev–Trinajstić information content (AvgIpc) is 2.91. The molecule has 1 unspecified atom stereocenters. The maximum Gasteiger partial charge on any atom is 0.249 e. The second kappa shape index (κ2) is 12.1. The van der Waals surface area contributed by atoms with Crippen LogP contribution in [0.3, 0.4) is 0 Å². The van der Waals surface area contributed by atoms with Gasteiger partial charge < -0.3 is 15.0 Å². The van der Waals surface area contributed by atoms with Crippen molar-refractivity contribution in [2.24, 2.45) is 0 Å². The maximum absolute atomic E-state index is 13.1. The average molecular weight is 548 g/mol. The number of benzene rings is 3. The number of carbonyl (C=O) groups is 2. The summed E-state index contributed by atoms with van der Waals surface area (Å²) in [6, 6.07) is 21.6. The van der Waals surface area contributed by atoms with E-state index in [4.69, 9.17) is 27.9 Å². The van der Waals surface area contributed by atoms with Crippen molar-refractivity contribution in [2.45, 2.75) is 26.5 Å². The van der Waals surface area contributed by atoms with Gasteiger partial charge in [-0.2, -0.15) is 0 Å². The Morgan fingerprint density at radius 3 is 2.55 bits per heavy atom. The van der Waals surface area contributed by atoms with Crippen molar-refractivity contribution in [3.8, 4) is 5.75 Å². The van der Waals surface area contributed by atoms with Crippen LogP contribution in [0.4, 0.5) is 5.69 Å². The summed E-state index contributed by atoms with van der Waals surface area (Å²) in [6.45, 7) is 3.62. The van der Waals surface area contributed by atoms with Crippen LogP contribution in [0, 0.1) is 6.92 Å². The van der Waals surface area contributed by atoms with Gasteiger partial charge in [0.15, 0.2) is 0 Å². The number of pyridine rings is 1. The number of hydrogen-bond acceptors (Lipinski definition) is 4. The second-order valence-corrected chi connectivity index (χ2v) is 9.58. The molecule has 6 nitrogen and oxygen atoms in total. The number of aromatic nitrogens is 1. The molecule has 4 aromatic rings. The Labute approximate surface area is 231 Å². The highest BCUT2D eigenvalue weighted by Crippen LogP contribution is 2.35. The van der Waals surface area contributed by atoms with Gasteiger partial charge in [-0.25, -0.2) is 4.98 Å². The van der Waals surface area contributed by atoms with Crippen LogP contribution < -0.4 is 15.0 Å². The SMILES string of the molecule is Cc1ccc2cccc(OCc3c(Cl)ccc(N(C)C(=O)C(C)NC(=O)/C=C/c4ccccc4)c3Cl)c2n1. The van der Waals surface area contributed by atoms with E-state index in [1.54, 1.807) is 32.2 Å². The van der Waals surface area contributed by atoms with E-state index < -0.39 is 6.04 Å². The molecule has 194 valence electrons. The zero-order valence-electron chi connectivity index (χ0n) is 21.2. The van der Waals surface area contributed by atoms with Gasteiger partial charge in [0.25, 0.3) is 0 Å². The first-order valence-electron chi connectivity index (χ1n) is 12.0. The van der Waals surface area contributed by atoms with Gasteiger partial charge in [-0.1, -0.05) is 71.7 Å². The third kappa shape index (κ3) is 6.33. The molecule has 0 saturated heterocycles. The zero-order valence-corrected chi connectivity index (χ0v) is 22.8. The number of amides is 2. The van der Waals surface area contributed by atoms with Crippen molar-refractivity contribution in [1.82, 2.24) is 10.3 Å². The monoisotopic (exact) mass is 547 g/mol. The van der Waals surface area contributed by atoms with Crippen molar-refractivity contribution in [2.75, 3.05) is 11.9 Å². The molecule has 1 heterocycles. The largest absolute Gasteiger partial charge is 0.487 e. The molecule has 0 aliphatic carbocycles. The van der Waals surface area contributed by atoms with Gasteiger partial charge in [0.1, 0.15) is 23.9 Å². The van der Waals surface area contributed by atoms with Gasteiger partial charge in [0, 0.05) is 34.8 Å². The highest BCUT2D eigenvalue weighted by atomic mass is 35.5. The fraction of sp³-hybridized carbons (Fsp3) is 0.167. The number of nitrogens with zero attached hydrogens (tertiary/aromatic N) is 2. The number of hydrogen-bond donors (Lipinski definition) is 1. The lowest BCUT2D eigenvalue weighted by atomic mass is 10.1. The molecule has 1 N–H and O–H groups in total. The van der Waals surface area contributed by atoms with Crippen molar-refractivity contribution in [1.29, 1.82) is 0 Å². The minimum atomic E-state index is -0.788. The van der Waals surface area contributed by atoms with Gasteiger partial charge >= 0.3 is 0 Å². The number of aryl methyl sites for hydroxylation is 1. The van der Waals surface area contributed by atoms with Gasteiger partial charge in [0.05, 0.1) is 10.7 Å². The molecule has 0 fully saturated rings. The molecule has 8 heteroatoms. The number of ether oxygens (including phenoxy) is 1. The van der Waals surface area contributed by atoms with Crippen molar-refractivity contribution in [3.63, 3.8) is 0 Å². The maximum atomic E-state index is 13.1. The molecule has 3 aromatic carbocycles. The summed E-state index contributed by atoms with van der Waals surface area (Å²) >= 11 is 13.2. The van der Waals surface area contributed by atoms with Crippen LogP contribution in [-0.4, -0.2) is 29.9 Å². The molecule has 38 heavy (non-hydrogen) atoms. The minimum Gasteiger partial charge on any atom is -0.487 e. The first-order valence-corrected chi connectivity index (χ1v) is 12.8. The topological polar surface area (TPSA) is 71.5 Å². The van der Waals surface area contributed by atoms with Crippen LogP contribution in [0.2, 0.25) is 10.0 Å². The summed E-state index contributed by atoms with van der Waals surface area (Å²) in [4.78, 5) is 31.5. The lowest BCUT2D eigenvalue weighted by Crippen LogP contribution is -2.45. The van der Waals surface area contributed by atoms with E-state index in [-0.39, 0.29) is 18.4 Å². The van der Waals surface area contributed by atoms with E-state index in [1.807, 2.05) is 67.6 Å². The fourth-order valence-corrected chi connectivity index (χ4v) is 4.54. The van der Waals surface area contributed by atoms with Crippen molar-refractivity contribution < 1.29 is 14.3 Å². The predicted molar refractivity (Wildman–Crippen MR) is 154 cm³/mol. The number of nitrogens with one attached hydrogen (secondary N) is 1. The minimum absolute atomic E-state index is 0.0822. The van der Waals surface area contributed by atoms with Crippen LogP contribution in [0.15, 0.2) is 78.9 Å². The Bertz CT molecular complexity index is 1510. The molecule has 0 saturated carbocycles. The van der Waals surface area contributed by atoms with Crippen LogP contribution in [0.1, 0.15) is 23.7 Å². The van der Waals surface area contributed by atoms with Gasteiger partial charge in [0.2, 0.25) is 11.8 Å². The summed E-state index contributed by atoms with van der Waals surface area (Å²) in [7, 11) is 1.60. The standard InChI is InChI=1S/C30H27Cl2N3O3/c1-19-12-14-22-10-7-11-26(29(22)33-19)38-18-23-24(31)15-16-25(28(23)32)35(3)30(37)20(2)34-27(36)17-13-21-8-5-4-6-9-21/h4-17,20H,18H2,1-3H3,(H,34,36)/b17-13+. The number of fused-ring (bicyclic) bond motifs is 1. The van der Waals surface area contributed by atoms with E-state index in [0.717, 1.165) is 22.2 Å². The van der Waals surface area contributed by atoms with E-state index in [1.165, 1.54) is 11.0 Å². The summed E-state index contributed by atoms with van der Waals surface area (Å²) in [5.41, 5.74) is 3.50. The Hall–Kier alpha value is -3.87. The molecular weight excluding hydrogens is 521 g/mol. The number of anilines is 1. The summed E-state index contributed by atoms with van der Waals surface area (Å²) < 4.78 is 6.08. The summed E-state index contributed by atoms with van der Waals surface area (Å²) in [5.74, 6) is -0.109. The Morgan fingerprint density at radius 2 is 1.79 bits per heavy atom. The van der Waals surface area contributed by atoms with Crippen molar-refractivity contribution >= 4 is 57.7 Å². The molecule has 0 radical (unpaired) electrons. The van der Waals surface area contributed by atoms with E-state index >= 15 is 0 Å². The molecular formula is C30H27Cl2N3O3. The highest BCUT2D eigenvalue weighted by Gasteiger charge is 2.23. The van der Waals surface area contributed by atoms with E-state index in [2.05, 4.69) is 10.3 Å². The lowest BCUT2D eigenvalue weighted by molar-refractivity contribution is -0.124. The van der Waals surface area contributed by atoms with Crippen LogP contribution in [0.5, 0.6) is 5.75 Å². The molecule has 2 amide bonds. The molecule has 0 aliphatic heterocycles. The molecule has 1 atom stereocenters. The molecule has 0 spiro atoms. The first-order chi connectivity index (χ1) is 18.2. The number of likely N-dealkylation sites (N-methyl/N-ethyl adjacent to an activating group) is 1.